The third-order valence-electron chi connectivity index (χ3n) is 14.2. The molecule has 0 aliphatic heterocycles. The second-order valence-electron chi connectivity index (χ2n) is 20.2. The van der Waals surface area contributed by atoms with E-state index in [2.05, 4.69) is 40.3 Å². The first-order valence-corrected chi connectivity index (χ1v) is 25.4. The van der Waals surface area contributed by atoms with Crippen molar-refractivity contribution in [2.75, 3.05) is 14.1 Å². The minimum Gasteiger partial charge on any atom is -0.872 e. The van der Waals surface area contributed by atoms with E-state index < -0.39 is 34.1 Å². The van der Waals surface area contributed by atoms with Crippen LogP contribution in [0.1, 0.15) is 88.2 Å². The van der Waals surface area contributed by atoms with Crippen LogP contribution >= 0.6 is 0 Å². The van der Waals surface area contributed by atoms with E-state index in [9.17, 15) is 35.4 Å². The fourth-order valence-corrected chi connectivity index (χ4v) is 11.8. The molecule has 1 amide bonds. The predicted molar refractivity (Wildman–Crippen MR) is 281 cm³/mol. The molecule has 0 unspecified atom stereocenters. The maximum Gasteiger partial charge on any atom is 2.00 e. The van der Waals surface area contributed by atoms with Gasteiger partial charge in [-0.2, -0.15) is 20.4 Å². The van der Waals surface area contributed by atoms with Crippen LogP contribution < -0.4 is 30.6 Å². The minimum atomic E-state index is -0.728. The summed E-state index contributed by atoms with van der Waals surface area (Å²) in [6.07, 6.45) is 27.6. The normalized spacial score (nSPS) is 24.1. The van der Waals surface area contributed by atoms with E-state index in [1.165, 1.54) is 67.7 Å². The molecule has 20 heteroatoms. The molecule has 8 bridgehead atoms. The Hall–Kier alpha value is -6.57. The van der Waals surface area contributed by atoms with Gasteiger partial charge in [0.1, 0.15) is 0 Å². The number of pyridine rings is 4. The van der Waals surface area contributed by atoms with Gasteiger partial charge in [-0.1, -0.05) is 72.8 Å². The van der Waals surface area contributed by atoms with Crippen LogP contribution in [-0.2, 0) is 54.3 Å². The van der Waals surface area contributed by atoms with Crippen molar-refractivity contribution in [1.29, 1.82) is 0 Å². The molecule has 4 heterocycles. The Morgan fingerprint density at radius 3 is 0.835 bits per heavy atom. The van der Waals surface area contributed by atoms with Crippen molar-refractivity contribution in [1.82, 2.24) is 24.8 Å². The molecule has 8 aliphatic carbocycles. The summed E-state index contributed by atoms with van der Waals surface area (Å²) in [7, 11) is 3.38. The van der Waals surface area contributed by atoms with Crippen molar-refractivity contribution in [2.24, 2.45) is 66.7 Å². The van der Waals surface area contributed by atoms with Crippen LogP contribution in [0.4, 0.5) is 0 Å². The van der Waals surface area contributed by atoms with E-state index in [-0.39, 0.29) is 77.9 Å². The van der Waals surface area contributed by atoms with Gasteiger partial charge < -0.3 is 41.0 Å². The number of rotatable bonds is 7. The van der Waals surface area contributed by atoms with Gasteiger partial charge in [-0.05, 0) is 184 Å². The summed E-state index contributed by atoms with van der Waals surface area (Å²) in [6.45, 7) is 0. The number of carbonyl (C=O) groups is 1. The summed E-state index contributed by atoms with van der Waals surface area (Å²) in [5.41, 5.74) is -0.852. The second-order valence-corrected chi connectivity index (χ2v) is 20.2. The Morgan fingerprint density at radius 1 is 0.430 bits per heavy atom. The van der Waals surface area contributed by atoms with Gasteiger partial charge in [0, 0.05) is 86.3 Å². The van der Waals surface area contributed by atoms with E-state index in [1.54, 1.807) is 87.9 Å². The average molecular weight is 1210 g/mol. The van der Waals surface area contributed by atoms with Crippen LogP contribution in [-0.4, -0.2) is 74.4 Å². The molecule has 2 N–H and O–H groups in total. The molecule has 0 atom stereocenters. The summed E-state index contributed by atoms with van der Waals surface area (Å²) in [5.74, 6) is 1.08. The topological polar surface area (TPSA) is 291 Å². The first-order valence-electron chi connectivity index (χ1n) is 25.4. The SMILES string of the molecule is CN(C)C=O.O.[Ni+2].[Ni+2].[Ni+2].[O-]/C(=N\N=C(/[O-])C12CC3CC(CC(C3)C1)C2)c1ccccc1[O-].[O-]/C(=N\N=C(/[O-])C12CC3CC(CC(C3)C1)C2)c1ccccc1[O-].c1ccncc1.c1ccncc1.c1ccncc1.c1ccncc1. The van der Waals surface area contributed by atoms with E-state index in [0.717, 1.165) is 44.9 Å². The fourth-order valence-electron chi connectivity index (χ4n) is 11.8. The molecule has 2 aromatic carbocycles. The summed E-state index contributed by atoms with van der Waals surface area (Å²) in [5, 5.41) is 87.0. The molecule has 8 fully saturated rings. The molecule has 79 heavy (non-hydrogen) atoms. The summed E-state index contributed by atoms with van der Waals surface area (Å²) in [4.78, 5) is 26.0. The predicted octanol–water partition coefficient (Wildman–Crippen LogP) is 4.71. The third-order valence-corrected chi connectivity index (χ3v) is 14.2. The zero-order valence-corrected chi connectivity index (χ0v) is 47.0. The first-order chi connectivity index (χ1) is 36.4. The van der Waals surface area contributed by atoms with Crippen LogP contribution in [0.25, 0.3) is 0 Å². The van der Waals surface area contributed by atoms with Crippen molar-refractivity contribution in [3.63, 3.8) is 0 Å². The maximum absolute atomic E-state index is 12.6. The van der Waals surface area contributed by atoms with Crippen LogP contribution in [0.15, 0.2) is 191 Å². The molecule has 8 aliphatic rings. The van der Waals surface area contributed by atoms with Crippen molar-refractivity contribution in [2.45, 2.75) is 77.0 Å². The summed E-state index contributed by atoms with van der Waals surface area (Å²) < 4.78 is 0. The smallest absolute Gasteiger partial charge is 0.872 e. The molecule has 6 aromatic rings. The van der Waals surface area contributed by atoms with Crippen LogP contribution in [0.3, 0.4) is 0 Å². The molecule has 4 aromatic heterocycles. The van der Waals surface area contributed by atoms with Gasteiger partial charge in [-0.3, -0.25) is 24.7 Å². The Balaban J connectivity index is 0.000000350. The number of aromatic nitrogens is 4. The molecular weight excluding hydrogens is 1140 g/mol. The maximum atomic E-state index is 12.6. The Bertz CT molecular complexity index is 2310. The summed E-state index contributed by atoms with van der Waals surface area (Å²) in [6, 6.07) is 34.6. The number of para-hydroxylation sites is 2. The van der Waals surface area contributed by atoms with E-state index in [1.807, 2.05) is 72.8 Å². The summed E-state index contributed by atoms with van der Waals surface area (Å²) >= 11 is 0. The Morgan fingerprint density at radius 2 is 0.658 bits per heavy atom. The van der Waals surface area contributed by atoms with Crippen molar-refractivity contribution in [3.8, 4) is 11.5 Å². The van der Waals surface area contributed by atoms with Crippen molar-refractivity contribution in [3.05, 3.63) is 182 Å². The average Bonchev–Trinajstić information content (AvgIpc) is 3.48. The van der Waals surface area contributed by atoms with Gasteiger partial charge in [-0.25, -0.2) is 0 Å². The standard InChI is InChI=1S/2C18H22N2O3.4C5H5N.C3H7NO.3Ni.H2O/c2*21-15-4-2-1-3-14(15)16(22)19-20-17(23)18-8-11-5-12(9-18)7-13(6-11)10-18;4*1-2-4-6-5-3-1;1-4(2)3-5;;;;/h2*1-4,11-13,21H,5-10H2,(H,19,22)(H,20,23);4*1-5H;3H,1-2H3;;;;1H2/q;;;;;;;3*+2;/p-6. The molecule has 8 saturated carbocycles. The molecular formula is C59H67N9Ni3O8. The van der Waals surface area contributed by atoms with Gasteiger partial charge in [0.15, 0.2) is 0 Å². The first kappa shape index (κ1) is 68.5. The third kappa shape index (κ3) is 21.9. The monoisotopic (exact) mass is 1200 g/mol. The van der Waals surface area contributed by atoms with E-state index >= 15 is 0 Å². The van der Waals surface area contributed by atoms with Crippen molar-refractivity contribution >= 4 is 30.0 Å². The number of amides is 1. The number of benzene rings is 2. The number of hydrogen-bond acceptors (Lipinski definition) is 15. The molecule has 426 valence electrons. The number of carbonyl (C=O) groups excluding carboxylic acids is 1. The van der Waals surface area contributed by atoms with Crippen LogP contribution in [0.5, 0.6) is 11.5 Å². The molecule has 17 nitrogen and oxygen atoms in total. The zero-order chi connectivity index (χ0) is 53.3. The van der Waals surface area contributed by atoms with E-state index in [0.29, 0.717) is 35.5 Å². The van der Waals surface area contributed by atoms with Gasteiger partial charge in [-0.15, -0.1) is 11.5 Å². The second kappa shape index (κ2) is 35.8. The zero-order valence-electron chi connectivity index (χ0n) is 44.0. The number of hydrogen-bond donors (Lipinski definition) is 0. The van der Waals surface area contributed by atoms with Gasteiger partial charge in [0.2, 0.25) is 6.41 Å². The molecule has 0 radical (unpaired) electrons. The van der Waals surface area contributed by atoms with Crippen LogP contribution in [0.2, 0.25) is 0 Å². The quantitative estimate of drug-likeness (QED) is 0.0693. The molecule has 0 spiro atoms. The molecule has 14 rings (SSSR count). The fraction of sp³-hybridized carbons (Fsp3) is 0.373. The number of nitrogens with zero attached hydrogens (tertiary/aromatic N) is 9. The minimum absolute atomic E-state index is 0. The molecule has 0 saturated heterocycles. The van der Waals surface area contributed by atoms with Gasteiger partial charge in [0.05, 0.1) is 0 Å². The van der Waals surface area contributed by atoms with E-state index in [4.69, 9.17) is 0 Å². The van der Waals surface area contributed by atoms with Crippen molar-refractivity contribution < 1.29 is 90.4 Å². The largest absolute Gasteiger partial charge is 2.00 e. The van der Waals surface area contributed by atoms with Gasteiger partial charge >= 0.3 is 49.5 Å². The Kier molecular flexibility index (Phi) is 31.1. The van der Waals surface area contributed by atoms with Crippen LogP contribution in [0, 0.1) is 46.3 Å². The van der Waals surface area contributed by atoms with Gasteiger partial charge in [0.25, 0.3) is 0 Å². The Labute approximate surface area is 493 Å².